The Labute approximate surface area is 159 Å². The fourth-order valence-corrected chi connectivity index (χ4v) is 2.77. The summed E-state index contributed by atoms with van der Waals surface area (Å²) in [6.45, 7) is 2.50. The number of nitrogens with zero attached hydrogens (tertiary/aromatic N) is 1. The minimum Gasteiger partial charge on any atom is -0.478 e. The van der Waals surface area contributed by atoms with Gasteiger partial charge in [0.25, 0.3) is 0 Å². The standard InChI is InChI=1S/C22H27FN2O2/c1-17(15-21(24)26)9-7-5-3-2-4-6-8-14-27-22-13-10-18-16-19(23)11-12-20(18)25-22/h7,9-13,15-16H,2-6,8,14H2,1H3,(H2,24,26). The van der Waals surface area contributed by atoms with Crippen molar-refractivity contribution in [1.82, 2.24) is 4.98 Å². The monoisotopic (exact) mass is 370 g/mol. The Kier molecular flexibility index (Phi) is 8.49. The zero-order chi connectivity index (χ0) is 19.5. The number of fused-ring (bicyclic) bond motifs is 1. The number of carbonyl (C=O) groups excluding carboxylic acids is 1. The Hall–Kier alpha value is -2.69. The van der Waals surface area contributed by atoms with Gasteiger partial charge < -0.3 is 10.5 Å². The van der Waals surface area contributed by atoms with Gasteiger partial charge in [0.1, 0.15) is 5.82 Å². The number of amides is 1. The first-order valence-corrected chi connectivity index (χ1v) is 9.38. The first-order valence-electron chi connectivity index (χ1n) is 9.38. The van der Waals surface area contributed by atoms with Crippen LogP contribution in [0.1, 0.15) is 45.4 Å². The predicted molar refractivity (Wildman–Crippen MR) is 107 cm³/mol. The van der Waals surface area contributed by atoms with Crippen LogP contribution in [-0.4, -0.2) is 17.5 Å². The van der Waals surface area contributed by atoms with Gasteiger partial charge in [-0.1, -0.05) is 31.4 Å². The van der Waals surface area contributed by atoms with Crippen LogP contribution >= 0.6 is 0 Å². The van der Waals surface area contributed by atoms with Gasteiger partial charge in [-0.05, 0) is 56.0 Å². The Morgan fingerprint density at radius 3 is 2.74 bits per heavy atom. The molecule has 2 rings (SSSR count). The molecule has 0 saturated heterocycles. The molecule has 2 aromatic rings. The van der Waals surface area contributed by atoms with Crippen molar-refractivity contribution in [3.8, 4) is 5.88 Å². The van der Waals surface area contributed by atoms with E-state index in [1.807, 2.05) is 19.1 Å². The van der Waals surface area contributed by atoms with Gasteiger partial charge in [-0.3, -0.25) is 4.79 Å². The van der Waals surface area contributed by atoms with E-state index < -0.39 is 5.91 Å². The number of nitrogens with two attached hydrogens (primary N) is 1. The second-order valence-electron chi connectivity index (χ2n) is 6.58. The molecule has 0 bridgehead atoms. The molecule has 144 valence electrons. The topological polar surface area (TPSA) is 65.2 Å². The van der Waals surface area contributed by atoms with Gasteiger partial charge in [0.05, 0.1) is 12.1 Å². The van der Waals surface area contributed by atoms with Crippen molar-refractivity contribution in [3.05, 3.63) is 60.0 Å². The molecule has 4 nitrogen and oxygen atoms in total. The molecule has 0 saturated carbocycles. The lowest BCUT2D eigenvalue weighted by atomic mass is 10.1. The maximum absolute atomic E-state index is 13.2. The van der Waals surface area contributed by atoms with E-state index in [1.54, 1.807) is 12.1 Å². The van der Waals surface area contributed by atoms with Crippen LogP contribution in [0.3, 0.4) is 0 Å². The number of carbonyl (C=O) groups is 1. The van der Waals surface area contributed by atoms with Crippen molar-refractivity contribution >= 4 is 16.8 Å². The highest BCUT2D eigenvalue weighted by molar-refractivity contribution is 5.86. The number of unbranched alkanes of at least 4 members (excludes halogenated alkanes) is 5. The number of halogens is 1. The molecular weight excluding hydrogens is 343 g/mol. The number of aromatic nitrogens is 1. The fraction of sp³-hybridized carbons (Fsp3) is 0.364. The van der Waals surface area contributed by atoms with E-state index >= 15 is 0 Å². The molecule has 1 amide bonds. The summed E-state index contributed by atoms with van der Waals surface area (Å²) < 4.78 is 18.8. The van der Waals surface area contributed by atoms with Crippen LogP contribution in [0.2, 0.25) is 0 Å². The van der Waals surface area contributed by atoms with Gasteiger partial charge in [-0.15, -0.1) is 0 Å². The lowest BCUT2D eigenvalue weighted by molar-refractivity contribution is -0.113. The zero-order valence-corrected chi connectivity index (χ0v) is 15.8. The summed E-state index contributed by atoms with van der Waals surface area (Å²) in [6, 6.07) is 8.15. The fourth-order valence-electron chi connectivity index (χ4n) is 2.77. The highest BCUT2D eigenvalue weighted by atomic mass is 19.1. The van der Waals surface area contributed by atoms with Crippen molar-refractivity contribution in [1.29, 1.82) is 0 Å². The first kappa shape index (κ1) is 20.6. The maximum Gasteiger partial charge on any atom is 0.241 e. The SMILES string of the molecule is CC(C=CCCCCCCCOc1ccc2cc(F)ccc2n1)=CC(N)=O. The molecule has 0 aliphatic heterocycles. The highest BCUT2D eigenvalue weighted by Crippen LogP contribution is 2.18. The van der Waals surface area contributed by atoms with E-state index in [2.05, 4.69) is 11.1 Å². The lowest BCUT2D eigenvalue weighted by Crippen LogP contribution is -2.06. The summed E-state index contributed by atoms with van der Waals surface area (Å²) in [6.07, 6.45) is 12.0. The second kappa shape index (κ2) is 11.1. The molecule has 1 heterocycles. The molecule has 1 aromatic carbocycles. The highest BCUT2D eigenvalue weighted by Gasteiger charge is 2.01. The molecule has 1 aromatic heterocycles. The van der Waals surface area contributed by atoms with Crippen LogP contribution in [0.15, 0.2) is 54.1 Å². The molecule has 0 aliphatic carbocycles. The first-order chi connectivity index (χ1) is 13.0. The van der Waals surface area contributed by atoms with Gasteiger partial charge in [0, 0.05) is 17.5 Å². The van der Waals surface area contributed by atoms with Gasteiger partial charge >= 0.3 is 0 Å². The second-order valence-corrected chi connectivity index (χ2v) is 6.58. The molecule has 0 spiro atoms. The molecule has 0 atom stereocenters. The van der Waals surface area contributed by atoms with Crippen LogP contribution in [0, 0.1) is 5.82 Å². The third kappa shape index (κ3) is 8.03. The third-order valence-corrected chi connectivity index (χ3v) is 4.14. The smallest absolute Gasteiger partial charge is 0.241 e. The van der Waals surface area contributed by atoms with Gasteiger partial charge in [-0.2, -0.15) is 0 Å². The predicted octanol–water partition coefficient (Wildman–Crippen LogP) is 5.08. The normalized spacial score (nSPS) is 12.0. The molecule has 2 N–H and O–H groups in total. The Morgan fingerprint density at radius 2 is 1.93 bits per heavy atom. The summed E-state index contributed by atoms with van der Waals surface area (Å²) in [5, 5.41) is 0.775. The number of benzene rings is 1. The molecule has 5 heteroatoms. The minimum absolute atomic E-state index is 0.259. The van der Waals surface area contributed by atoms with Crippen molar-refractivity contribution in [2.45, 2.75) is 45.4 Å². The summed E-state index contributed by atoms with van der Waals surface area (Å²) in [4.78, 5) is 15.1. The lowest BCUT2D eigenvalue weighted by Gasteiger charge is -2.06. The van der Waals surface area contributed by atoms with Crippen LogP contribution in [-0.2, 0) is 4.79 Å². The molecule has 0 unspecified atom stereocenters. The van der Waals surface area contributed by atoms with Crippen molar-refractivity contribution in [2.75, 3.05) is 6.61 Å². The number of rotatable bonds is 11. The number of hydrogen-bond donors (Lipinski definition) is 1. The van der Waals surface area contributed by atoms with Crippen LogP contribution in [0.5, 0.6) is 5.88 Å². The van der Waals surface area contributed by atoms with E-state index in [-0.39, 0.29) is 5.82 Å². The molecular formula is C22H27FN2O2. The molecule has 0 fully saturated rings. The van der Waals surface area contributed by atoms with Crippen LogP contribution in [0.25, 0.3) is 10.9 Å². The quantitative estimate of drug-likeness (QED) is 0.341. The molecule has 0 radical (unpaired) electrons. The Bertz CT molecular complexity index is 815. The summed E-state index contributed by atoms with van der Waals surface area (Å²) in [5.74, 6) is -0.0866. The summed E-state index contributed by atoms with van der Waals surface area (Å²) in [7, 11) is 0. The van der Waals surface area contributed by atoms with E-state index in [4.69, 9.17) is 10.5 Å². The third-order valence-electron chi connectivity index (χ3n) is 4.14. The van der Waals surface area contributed by atoms with Crippen molar-refractivity contribution in [2.24, 2.45) is 5.73 Å². The Morgan fingerprint density at radius 1 is 1.15 bits per heavy atom. The number of primary amides is 1. The molecule has 27 heavy (non-hydrogen) atoms. The number of hydrogen-bond acceptors (Lipinski definition) is 3. The van der Waals surface area contributed by atoms with Gasteiger partial charge in [0.15, 0.2) is 0 Å². The van der Waals surface area contributed by atoms with Crippen LogP contribution in [0.4, 0.5) is 4.39 Å². The van der Waals surface area contributed by atoms with Crippen LogP contribution < -0.4 is 10.5 Å². The van der Waals surface area contributed by atoms with E-state index in [0.717, 1.165) is 48.6 Å². The zero-order valence-electron chi connectivity index (χ0n) is 15.8. The minimum atomic E-state index is -0.410. The number of ether oxygens (including phenoxy) is 1. The number of pyridine rings is 1. The Balaban J connectivity index is 1.55. The maximum atomic E-state index is 13.2. The van der Waals surface area contributed by atoms with E-state index in [1.165, 1.54) is 24.6 Å². The average Bonchev–Trinajstić information content (AvgIpc) is 2.62. The average molecular weight is 370 g/mol. The van der Waals surface area contributed by atoms with E-state index in [0.29, 0.717) is 12.5 Å². The molecule has 0 aliphatic rings. The summed E-state index contributed by atoms with van der Waals surface area (Å²) >= 11 is 0. The largest absolute Gasteiger partial charge is 0.478 e. The number of allylic oxidation sites excluding steroid dienone is 3. The summed E-state index contributed by atoms with van der Waals surface area (Å²) in [5.41, 5.74) is 6.71. The van der Waals surface area contributed by atoms with Gasteiger partial charge in [0.2, 0.25) is 11.8 Å². The van der Waals surface area contributed by atoms with Gasteiger partial charge in [-0.25, -0.2) is 9.37 Å². The van der Waals surface area contributed by atoms with E-state index in [9.17, 15) is 9.18 Å². The van der Waals surface area contributed by atoms with Crippen molar-refractivity contribution < 1.29 is 13.9 Å². The van der Waals surface area contributed by atoms with Crippen molar-refractivity contribution in [3.63, 3.8) is 0 Å².